The number of piperazine rings is 1. The SMILES string of the molecule is O=C(C1CNNC1c1ccccc1)N1CCN(Cc2cn3cc(Cl)ccc3n2)CC1. The van der Waals surface area contributed by atoms with Gasteiger partial charge in [0.15, 0.2) is 0 Å². The molecular formula is C22H25ClN6O. The molecule has 4 heterocycles. The fourth-order valence-corrected chi connectivity index (χ4v) is 4.55. The van der Waals surface area contributed by atoms with Crippen LogP contribution < -0.4 is 10.9 Å². The highest BCUT2D eigenvalue weighted by Gasteiger charge is 2.37. The Hall–Kier alpha value is -2.45. The summed E-state index contributed by atoms with van der Waals surface area (Å²) >= 11 is 6.06. The molecule has 2 aliphatic heterocycles. The van der Waals surface area contributed by atoms with Crippen LogP contribution in [0.4, 0.5) is 0 Å². The Labute approximate surface area is 180 Å². The van der Waals surface area contributed by atoms with Gasteiger partial charge in [-0.25, -0.2) is 10.4 Å². The molecule has 2 aliphatic rings. The van der Waals surface area contributed by atoms with Crippen molar-refractivity contribution in [1.29, 1.82) is 0 Å². The molecule has 1 amide bonds. The zero-order valence-electron chi connectivity index (χ0n) is 16.7. The molecule has 1 aromatic carbocycles. The number of hydrogen-bond acceptors (Lipinski definition) is 5. The van der Waals surface area contributed by atoms with Gasteiger partial charge < -0.3 is 9.30 Å². The fourth-order valence-electron chi connectivity index (χ4n) is 4.39. The van der Waals surface area contributed by atoms with Crippen molar-refractivity contribution in [1.82, 2.24) is 30.0 Å². The smallest absolute Gasteiger partial charge is 0.229 e. The Kier molecular flexibility index (Phi) is 5.43. The average molecular weight is 425 g/mol. The number of pyridine rings is 1. The van der Waals surface area contributed by atoms with Crippen molar-refractivity contribution in [3.05, 3.63) is 71.1 Å². The van der Waals surface area contributed by atoms with Gasteiger partial charge in [0.05, 0.1) is 22.7 Å². The molecule has 5 rings (SSSR count). The Morgan fingerprint density at radius 2 is 1.87 bits per heavy atom. The Morgan fingerprint density at radius 3 is 2.67 bits per heavy atom. The molecule has 2 N–H and O–H groups in total. The van der Waals surface area contributed by atoms with Gasteiger partial charge >= 0.3 is 0 Å². The molecule has 156 valence electrons. The minimum absolute atomic E-state index is 0.0153. The summed E-state index contributed by atoms with van der Waals surface area (Å²) in [5, 5.41) is 0.697. The highest BCUT2D eigenvalue weighted by Crippen LogP contribution is 2.27. The molecular weight excluding hydrogens is 400 g/mol. The van der Waals surface area contributed by atoms with Gasteiger partial charge in [0.2, 0.25) is 5.91 Å². The zero-order chi connectivity index (χ0) is 20.5. The number of rotatable bonds is 4. The van der Waals surface area contributed by atoms with Gasteiger partial charge in [0, 0.05) is 51.7 Å². The number of fused-ring (bicyclic) bond motifs is 1. The van der Waals surface area contributed by atoms with Crippen molar-refractivity contribution in [3.63, 3.8) is 0 Å². The van der Waals surface area contributed by atoms with Gasteiger partial charge in [-0.15, -0.1) is 0 Å². The number of amides is 1. The Morgan fingerprint density at radius 1 is 1.07 bits per heavy atom. The standard InChI is InChI=1S/C22H25ClN6O/c23-17-6-7-20-25-18(15-29(20)13-17)14-27-8-10-28(11-9-27)22(30)19-12-24-26-21(19)16-4-2-1-3-5-16/h1-7,13,15,19,21,24,26H,8-12,14H2. The highest BCUT2D eigenvalue weighted by atomic mass is 35.5. The average Bonchev–Trinajstić information content (AvgIpc) is 3.41. The third-order valence-electron chi connectivity index (χ3n) is 5.99. The number of aromatic nitrogens is 2. The lowest BCUT2D eigenvalue weighted by atomic mass is 9.93. The third kappa shape index (κ3) is 3.94. The van der Waals surface area contributed by atoms with Gasteiger partial charge in [-0.2, -0.15) is 0 Å². The van der Waals surface area contributed by atoms with E-state index in [1.165, 1.54) is 0 Å². The number of benzene rings is 1. The maximum Gasteiger partial charge on any atom is 0.229 e. The number of carbonyl (C=O) groups is 1. The number of nitrogens with one attached hydrogen (secondary N) is 2. The van der Waals surface area contributed by atoms with Gasteiger partial charge in [0.25, 0.3) is 0 Å². The van der Waals surface area contributed by atoms with E-state index in [0.717, 1.165) is 49.6 Å². The van der Waals surface area contributed by atoms with Crippen molar-refractivity contribution in [2.24, 2.45) is 5.92 Å². The summed E-state index contributed by atoms with van der Waals surface area (Å²) in [6.45, 7) is 4.63. The van der Waals surface area contributed by atoms with E-state index in [4.69, 9.17) is 11.6 Å². The summed E-state index contributed by atoms with van der Waals surface area (Å²) in [5.74, 6) is 0.144. The molecule has 0 bridgehead atoms. The van der Waals surface area contributed by atoms with Crippen LogP contribution in [0.25, 0.3) is 5.65 Å². The Bertz CT molecular complexity index is 1030. The van der Waals surface area contributed by atoms with Gasteiger partial charge in [-0.3, -0.25) is 15.1 Å². The van der Waals surface area contributed by atoms with Crippen molar-refractivity contribution >= 4 is 23.2 Å². The topological polar surface area (TPSA) is 64.9 Å². The second-order valence-corrected chi connectivity index (χ2v) is 8.40. The largest absolute Gasteiger partial charge is 0.340 e. The number of halogens is 1. The molecule has 0 spiro atoms. The minimum Gasteiger partial charge on any atom is -0.340 e. The maximum absolute atomic E-state index is 13.2. The highest BCUT2D eigenvalue weighted by molar-refractivity contribution is 6.30. The maximum atomic E-state index is 13.2. The molecule has 2 saturated heterocycles. The molecule has 0 aliphatic carbocycles. The molecule has 0 saturated carbocycles. The van der Waals surface area contributed by atoms with Crippen molar-refractivity contribution < 1.29 is 4.79 Å². The minimum atomic E-state index is -0.0814. The van der Waals surface area contributed by atoms with Crippen LogP contribution in [0.5, 0.6) is 0 Å². The summed E-state index contributed by atoms with van der Waals surface area (Å²) in [5.41, 5.74) is 9.51. The monoisotopic (exact) mass is 424 g/mol. The van der Waals surface area contributed by atoms with E-state index >= 15 is 0 Å². The fraction of sp³-hybridized carbons (Fsp3) is 0.364. The van der Waals surface area contributed by atoms with Crippen molar-refractivity contribution in [3.8, 4) is 0 Å². The molecule has 7 nitrogen and oxygen atoms in total. The van der Waals surface area contributed by atoms with Crippen LogP contribution in [-0.2, 0) is 11.3 Å². The normalized spacial score (nSPS) is 22.6. The second-order valence-electron chi connectivity index (χ2n) is 7.97. The first kappa shape index (κ1) is 19.5. The molecule has 2 aromatic heterocycles. The van der Waals surface area contributed by atoms with Crippen LogP contribution in [0.2, 0.25) is 5.02 Å². The zero-order valence-corrected chi connectivity index (χ0v) is 17.4. The second kappa shape index (κ2) is 8.35. The first-order valence-corrected chi connectivity index (χ1v) is 10.7. The van der Waals surface area contributed by atoms with Gasteiger partial charge in [-0.1, -0.05) is 41.9 Å². The van der Waals surface area contributed by atoms with Crippen LogP contribution in [0, 0.1) is 5.92 Å². The predicted molar refractivity (Wildman–Crippen MR) is 116 cm³/mol. The summed E-state index contributed by atoms with van der Waals surface area (Å²) in [7, 11) is 0. The van der Waals surface area contributed by atoms with Gasteiger partial charge in [0.1, 0.15) is 5.65 Å². The number of imidazole rings is 1. The van der Waals surface area contributed by atoms with Crippen molar-refractivity contribution in [2.75, 3.05) is 32.7 Å². The number of hydrazine groups is 1. The van der Waals surface area contributed by atoms with Crippen LogP contribution in [-0.4, -0.2) is 57.8 Å². The van der Waals surface area contributed by atoms with E-state index in [0.29, 0.717) is 11.6 Å². The predicted octanol–water partition coefficient (Wildman–Crippen LogP) is 2.10. The molecule has 2 fully saturated rings. The number of hydrogen-bond donors (Lipinski definition) is 2. The quantitative estimate of drug-likeness (QED) is 0.671. The molecule has 2 unspecified atom stereocenters. The number of carbonyl (C=O) groups excluding carboxylic acids is 1. The van der Waals surface area contributed by atoms with Crippen LogP contribution in [0.15, 0.2) is 54.9 Å². The molecule has 30 heavy (non-hydrogen) atoms. The summed E-state index contributed by atoms with van der Waals surface area (Å²) in [6.07, 6.45) is 3.90. The van der Waals surface area contributed by atoms with E-state index in [-0.39, 0.29) is 17.9 Å². The van der Waals surface area contributed by atoms with Crippen LogP contribution >= 0.6 is 11.6 Å². The van der Waals surface area contributed by atoms with Gasteiger partial charge in [-0.05, 0) is 17.7 Å². The van der Waals surface area contributed by atoms with Crippen LogP contribution in [0.1, 0.15) is 17.3 Å². The number of nitrogens with zero attached hydrogens (tertiary/aromatic N) is 4. The van der Waals surface area contributed by atoms with E-state index in [1.54, 1.807) is 0 Å². The summed E-state index contributed by atoms with van der Waals surface area (Å²) in [4.78, 5) is 22.2. The van der Waals surface area contributed by atoms with E-state index < -0.39 is 0 Å². The lowest BCUT2D eigenvalue weighted by Gasteiger charge is -2.36. The molecule has 2 atom stereocenters. The van der Waals surface area contributed by atoms with E-state index in [2.05, 4.69) is 32.9 Å². The summed E-state index contributed by atoms with van der Waals surface area (Å²) < 4.78 is 1.96. The first-order chi connectivity index (χ1) is 14.7. The van der Waals surface area contributed by atoms with Crippen molar-refractivity contribution in [2.45, 2.75) is 12.6 Å². The van der Waals surface area contributed by atoms with E-state index in [9.17, 15) is 4.79 Å². The van der Waals surface area contributed by atoms with Crippen LogP contribution in [0.3, 0.4) is 0 Å². The molecule has 8 heteroatoms. The Balaban J connectivity index is 1.19. The molecule has 3 aromatic rings. The third-order valence-corrected chi connectivity index (χ3v) is 6.22. The lowest BCUT2D eigenvalue weighted by Crippen LogP contribution is -2.50. The van der Waals surface area contributed by atoms with E-state index in [1.807, 2.05) is 52.0 Å². The summed E-state index contributed by atoms with van der Waals surface area (Å²) in [6, 6.07) is 14.0. The first-order valence-electron chi connectivity index (χ1n) is 10.3. The molecule has 0 radical (unpaired) electrons. The lowest BCUT2D eigenvalue weighted by molar-refractivity contribution is -0.137.